The molecule has 0 unspecified atom stereocenters. The van der Waals surface area contributed by atoms with Gasteiger partial charge in [0.1, 0.15) is 5.65 Å². The van der Waals surface area contributed by atoms with Crippen molar-refractivity contribution in [1.29, 1.82) is 0 Å². The number of nitrogens with zero attached hydrogens (tertiary/aromatic N) is 2. The number of carbonyl (C=O) groups excluding carboxylic acids is 1. The first kappa shape index (κ1) is 21.0. The van der Waals surface area contributed by atoms with Gasteiger partial charge in [0.2, 0.25) is 0 Å². The summed E-state index contributed by atoms with van der Waals surface area (Å²) < 4.78 is 42.4. The Balaban J connectivity index is 1.92. The molecule has 0 saturated carbocycles. The van der Waals surface area contributed by atoms with Crippen LogP contribution < -0.4 is 5.56 Å². The number of aldehydes is 1. The van der Waals surface area contributed by atoms with Gasteiger partial charge in [-0.05, 0) is 52.9 Å². The van der Waals surface area contributed by atoms with Gasteiger partial charge in [0.25, 0.3) is 5.56 Å². The fraction of sp³-hybridized carbons (Fsp3) is 0.0870. The van der Waals surface area contributed by atoms with Crippen LogP contribution in [0.4, 0.5) is 13.2 Å². The maximum Gasteiger partial charge on any atom is 0.418 e. The second kappa shape index (κ2) is 7.77. The molecule has 0 atom stereocenters. The molecule has 156 valence electrons. The zero-order valence-corrected chi connectivity index (χ0v) is 17.7. The van der Waals surface area contributed by atoms with Crippen molar-refractivity contribution in [1.82, 2.24) is 9.38 Å². The van der Waals surface area contributed by atoms with E-state index in [-0.39, 0.29) is 15.6 Å². The lowest BCUT2D eigenvalue weighted by molar-refractivity contribution is -0.137. The van der Waals surface area contributed by atoms with Gasteiger partial charge in [0.05, 0.1) is 11.1 Å². The van der Waals surface area contributed by atoms with Crippen LogP contribution in [-0.4, -0.2) is 15.7 Å². The third-order valence-corrected chi connectivity index (χ3v) is 5.76. The zero-order chi connectivity index (χ0) is 22.3. The predicted octanol–water partition coefficient (Wildman–Crippen LogP) is 5.93. The summed E-state index contributed by atoms with van der Waals surface area (Å²) in [5.74, 6) is 0. The van der Waals surface area contributed by atoms with Gasteiger partial charge in [-0.1, -0.05) is 46.3 Å². The molecule has 2 aromatic heterocycles. The highest BCUT2D eigenvalue weighted by molar-refractivity contribution is 9.10. The zero-order valence-electron chi connectivity index (χ0n) is 16.1. The topological polar surface area (TPSA) is 51.4 Å². The molecule has 0 aliphatic rings. The number of rotatable bonds is 3. The van der Waals surface area contributed by atoms with E-state index in [0.29, 0.717) is 34.2 Å². The van der Waals surface area contributed by atoms with E-state index in [1.165, 1.54) is 28.9 Å². The maximum atomic E-state index is 13.7. The molecule has 0 saturated heterocycles. The van der Waals surface area contributed by atoms with Gasteiger partial charge in [0.15, 0.2) is 6.29 Å². The van der Waals surface area contributed by atoms with E-state index in [2.05, 4.69) is 20.9 Å². The van der Waals surface area contributed by atoms with Crippen LogP contribution in [0.25, 0.3) is 27.9 Å². The molecule has 0 fully saturated rings. The Kier molecular flexibility index (Phi) is 5.26. The van der Waals surface area contributed by atoms with E-state index in [0.717, 1.165) is 0 Å². The van der Waals surface area contributed by atoms with E-state index in [1.54, 1.807) is 43.3 Å². The fourth-order valence-electron chi connectivity index (χ4n) is 3.61. The summed E-state index contributed by atoms with van der Waals surface area (Å²) >= 11 is 3.03. The van der Waals surface area contributed by atoms with Crippen LogP contribution in [0.5, 0.6) is 0 Å². The highest BCUT2D eigenvalue weighted by Gasteiger charge is 2.36. The van der Waals surface area contributed by atoms with Crippen molar-refractivity contribution in [3.63, 3.8) is 0 Å². The molecule has 0 amide bonds. The van der Waals surface area contributed by atoms with Crippen LogP contribution in [0.15, 0.2) is 70.2 Å². The average Bonchev–Trinajstić information content (AvgIpc) is 2.73. The summed E-state index contributed by atoms with van der Waals surface area (Å²) in [4.78, 5) is 27.4. The third-order valence-electron chi connectivity index (χ3n) is 5.10. The molecule has 0 N–H and O–H groups in total. The number of fused-ring (bicyclic) bond motifs is 1. The number of halogens is 4. The van der Waals surface area contributed by atoms with Crippen molar-refractivity contribution in [3.8, 4) is 22.3 Å². The van der Waals surface area contributed by atoms with E-state index < -0.39 is 17.3 Å². The first-order chi connectivity index (χ1) is 14.7. The monoisotopic (exact) mass is 486 g/mol. The number of aromatic nitrogens is 2. The molecule has 4 rings (SSSR count). The number of hydrogen-bond donors (Lipinski definition) is 0. The van der Waals surface area contributed by atoms with Gasteiger partial charge >= 0.3 is 6.18 Å². The quantitative estimate of drug-likeness (QED) is 0.337. The summed E-state index contributed by atoms with van der Waals surface area (Å²) in [7, 11) is 0. The van der Waals surface area contributed by atoms with Crippen LogP contribution in [0.1, 0.15) is 21.5 Å². The third kappa shape index (κ3) is 3.67. The maximum absolute atomic E-state index is 13.7. The molecule has 0 radical (unpaired) electrons. The highest BCUT2D eigenvalue weighted by atomic mass is 79.9. The SMILES string of the molecule is Cc1c(-c2ccn3c(=O)c(C=O)cnc3c2)cccc1-c1cccc(Br)c1C(F)(F)F. The van der Waals surface area contributed by atoms with Crippen molar-refractivity contribution in [2.24, 2.45) is 0 Å². The fourth-order valence-corrected chi connectivity index (χ4v) is 4.21. The summed E-state index contributed by atoms with van der Waals surface area (Å²) in [6, 6.07) is 12.9. The molecule has 0 aliphatic heterocycles. The summed E-state index contributed by atoms with van der Waals surface area (Å²) in [6.07, 6.45) is -1.38. The van der Waals surface area contributed by atoms with Gasteiger partial charge in [0, 0.05) is 16.9 Å². The molecule has 2 aromatic carbocycles. The van der Waals surface area contributed by atoms with E-state index in [9.17, 15) is 22.8 Å². The van der Waals surface area contributed by atoms with Crippen LogP contribution in [0.3, 0.4) is 0 Å². The minimum atomic E-state index is -4.53. The first-order valence-electron chi connectivity index (χ1n) is 9.15. The lowest BCUT2D eigenvalue weighted by Gasteiger charge is -2.18. The van der Waals surface area contributed by atoms with Gasteiger partial charge in [-0.15, -0.1) is 0 Å². The van der Waals surface area contributed by atoms with E-state index in [1.807, 2.05) is 0 Å². The largest absolute Gasteiger partial charge is 0.418 e. The number of carbonyl (C=O) groups is 1. The Hall–Kier alpha value is -3.26. The van der Waals surface area contributed by atoms with Gasteiger partial charge in [-0.25, -0.2) is 4.98 Å². The Labute approximate surface area is 183 Å². The van der Waals surface area contributed by atoms with Gasteiger partial charge in [-0.3, -0.25) is 14.0 Å². The molecule has 0 bridgehead atoms. The normalized spacial score (nSPS) is 11.6. The van der Waals surface area contributed by atoms with Crippen molar-refractivity contribution in [2.75, 3.05) is 0 Å². The van der Waals surface area contributed by atoms with E-state index in [4.69, 9.17) is 0 Å². The Morgan fingerprint density at radius 2 is 1.71 bits per heavy atom. The molecule has 0 aliphatic carbocycles. The van der Waals surface area contributed by atoms with E-state index >= 15 is 0 Å². The minimum Gasteiger partial charge on any atom is -0.298 e. The second-order valence-corrected chi connectivity index (χ2v) is 7.77. The number of alkyl halides is 3. The number of benzene rings is 2. The second-order valence-electron chi connectivity index (χ2n) is 6.92. The molecule has 2 heterocycles. The first-order valence-corrected chi connectivity index (χ1v) is 9.94. The van der Waals surface area contributed by atoms with Crippen LogP contribution in [0, 0.1) is 6.92 Å². The summed E-state index contributed by atoms with van der Waals surface area (Å²) in [5.41, 5.74) is 1.64. The van der Waals surface area contributed by atoms with Crippen molar-refractivity contribution < 1.29 is 18.0 Å². The minimum absolute atomic E-state index is 0.0254. The predicted molar refractivity (Wildman–Crippen MR) is 115 cm³/mol. The standard InChI is InChI=1S/C23H14BrF3N2O2/c1-13-16(14-8-9-29-20(10-14)28-11-15(12-30)22(29)31)4-2-5-17(13)18-6-3-7-19(24)21(18)23(25,26)27/h2-12H,1H3. The van der Waals surface area contributed by atoms with Crippen LogP contribution in [-0.2, 0) is 6.18 Å². The van der Waals surface area contributed by atoms with Crippen molar-refractivity contribution in [3.05, 3.63) is 92.4 Å². The van der Waals surface area contributed by atoms with Crippen molar-refractivity contribution in [2.45, 2.75) is 13.1 Å². The molecular weight excluding hydrogens is 473 g/mol. The molecule has 4 aromatic rings. The molecule has 31 heavy (non-hydrogen) atoms. The summed E-state index contributed by atoms with van der Waals surface area (Å²) in [5, 5.41) is 0. The van der Waals surface area contributed by atoms with Crippen LogP contribution in [0.2, 0.25) is 0 Å². The van der Waals surface area contributed by atoms with Crippen LogP contribution >= 0.6 is 15.9 Å². The average molecular weight is 487 g/mol. The molecule has 4 nitrogen and oxygen atoms in total. The lowest BCUT2D eigenvalue weighted by Crippen LogP contribution is -2.18. The molecule has 0 spiro atoms. The molecule has 8 heteroatoms. The summed E-state index contributed by atoms with van der Waals surface area (Å²) in [6.45, 7) is 1.75. The smallest absolute Gasteiger partial charge is 0.298 e. The number of hydrogen-bond acceptors (Lipinski definition) is 3. The Morgan fingerprint density at radius 1 is 1.03 bits per heavy atom. The molecular formula is C23H14BrF3N2O2. The number of pyridine rings is 1. The van der Waals surface area contributed by atoms with Crippen molar-refractivity contribution >= 4 is 27.9 Å². The van der Waals surface area contributed by atoms with Gasteiger partial charge < -0.3 is 0 Å². The Bertz CT molecular complexity index is 1390. The Morgan fingerprint density at radius 3 is 2.42 bits per heavy atom. The lowest BCUT2D eigenvalue weighted by atomic mass is 9.90. The highest BCUT2D eigenvalue weighted by Crippen LogP contribution is 2.43. The van der Waals surface area contributed by atoms with Gasteiger partial charge in [-0.2, -0.15) is 13.2 Å².